The summed E-state index contributed by atoms with van der Waals surface area (Å²) in [5.41, 5.74) is 2.29. The fourth-order valence-corrected chi connectivity index (χ4v) is 4.49. The predicted octanol–water partition coefficient (Wildman–Crippen LogP) is 3.91. The van der Waals surface area contributed by atoms with E-state index in [0.717, 1.165) is 61.9 Å². The number of halogens is 1. The number of rotatable bonds is 3. The number of hydrogen-bond acceptors (Lipinski definition) is 4. The fraction of sp³-hybridized carbons (Fsp3) is 0.391. The van der Waals surface area contributed by atoms with E-state index >= 15 is 0 Å². The Kier molecular flexibility index (Phi) is 4.49. The second kappa shape index (κ2) is 7.17. The molecular formula is C23H25FN4O. The molecule has 1 saturated heterocycles. The van der Waals surface area contributed by atoms with Gasteiger partial charge in [0.2, 0.25) is 5.95 Å². The van der Waals surface area contributed by atoms with E-state index in [0.29, 0.717) is 6.42 Å². The number of anilines is 1. The van der Waals surface area contributed by atoms with Crippen molar-refractivity contribution in [1.82, 2.24) is 14.8 Å². The molecule has 0 aliphatic carbocycles. The number of hydrogen-bond donors (Lipinski definition) is 0. The van der Waals surface area contributed by atoms with Gasteiger partial charge in [0.15, 0.2) is 0 Å². The summed E-state index contributed by atoms with van der Waals surface area (Å²) in [7, 11) is 2.01. The van der Waals surface area contributed by atoms with Gasteiger partial charge in [-0.1, -0.05) is 30.3 Å². The highest BCUT2D eigenvalue weighted by atomic mass is 19.1. The minimum atomic E-state index is -0.220. The fourth-order valence-electron chi connectivity index (χ4n) is 4.49. The van der Waals surface area contributed by atoms with Crippen LogP contribution in [0.25, 0.3) is 0 Å². The summed E-state index contributed by atoms with van der Waals surface area (Å²) in [4.78, 5) is 2.30. The monoisotopic (exact) mass is 392 g/mol. The number of para-hydroxylation sites is 1. The first-order chi connectivity index (χ1) is 14.1. The van der Waals surface area contributed by atoms with Gasteiger partial charge in [-0.3, -0.25) is 0 Å². The van der Waals surface area contributed by atoms with Crippen LogP contribution in [0.5, 0.6) is 5.75 Å². The summed E-state index contributed by atoms with van der Waals surface area (Å²) in [6.45, 7) is 1.81. The summed E-state index contributed by atoms with van der Waals surface area (Å²) < 4.78 is 21.7. The van der Waals surface area contributed by atoms with Crippen LogP contribution >= 0.6 is 0 Å². The molecule has 0 N–H and O–H groups in total. The molecular weight excluding hydrogens is 367 g/mol. The number of ether oxygens (including phenoxy) is 1. The van der Waals surface area contributed by atoms with Gasteiger partial charge in [-0.2, -0.15) is 0 Å². The molecule has 0 amide bonds. The van der Waals surface area contributed by atoms with Crippen LogP contribution in [-0.4, -0.2) is 33.5 Å². The highest BCUT2D eigenvalue weighted by Gasteiger charge is 2.40. The van der Waals surface area contributed by atoms with Gasteiger partial charge in [-0.15, -0.1) is 10.2 Å². The van der Waals surface area contributed by atoms with Crippen LogP contribution in [0.1, 0.15) is 36.2 Å². The molecule has 0 radical (unpaired) electrons. The first kappa shape index (κ1) is 18.2. The van der Waals surface area contributed by atoms with Crippen LogP contribution in [0.15, 0.2) is 48.5 Å². The molecule has 1 spiro atoms. The van der Waals surface area contributed by atoms with Crippen LogP contribution < -0.4 is 9.64 Å². The second-order valence-electron chi connectivity index (χ2n) is 8.16. The van der Waals surface area contributed by atoms with Gasteiger partial charge in [0.25, 0.3) is 0 Å². The Bertz CT molecular complexity index is 1010. The number of nitrogens with zero attached hydrogens (tertiary/aromatic N) is 4. The summed E-state index contributed by atoms with van der Waals surface area (Å²) in [5, 5.41) is 8.84. The third-order valence-electron chi connectivity index (χ3n) is 6.32. The average molecular weight is 392 g/mol. The zero-order valence-electron chi connectivity index (χ0n) is 16.6. The van der Waals surface area contributed by atoms with E-state index in [2.05, 4.69) is 43.9 Å². The summed E-state index contributed by atoms with van der Waals surface area (Å²) in [6, 6.07) is 15.0. The van der Waals surface area contributed by atoms with Crippen LogP contribution in [0.4, 0.5) is 10.3 Å². The number of fused-ring (bicyclic) bond motifs is 1. The summed E-state index contributed by atoms with van der Waals surface area (Å²) in [5.74, 6) is 2.61. The van der Waals surface area contributed by atoms with Gasteiger partial charge >= 0.3 is 0 Å². The lowest BCUT2D eigenvalue weighted by Gasteiger charge is -2.44. The third kappa shape index (κ3) is 3.48. The third-order valence-corrected chi connectivity index (χ3v) is 6.32. The zero-order valence-corrected chi connectivity index (χ0v) is 16.6. The van der Waals surface area contributed by atoms with E-state index in [1.807, 2.05) is 7.05 Å². The van der Waals surface area contributed by atoms with Crippen molar-refractivity contribution < 1.29 is 9.13 Å². The zero-order chi connectivity index (χ0) is 19.8. The van der Waals surface area contributed by atoms with Crippen LogP contribution in [0, 0.1) is 5.82 Å². The van der Waals surface area contributed by atoms with Crippen LogP contribution in [0.2, 0.25) is 0 Å². The molecule has 29 heavy (non-hydrogen) atoms. The minimum Gasteiger partial charge on any atom is -0.487 e. The molecule has 0 saturated carbocycles. The molecule has 2 aromatic carbocycles. The Labute approximate surface area is 170 Å². The molecule has 2 aliphatic rings. The highest BCUT2D eigenvalue weighted by Crippen LogP contribution is 2.39. The lowest BCUT2D eigenvalue weighted by Crippen LogP contribution is -2.50. The smallest absolute Gasteiger partial charge is 0.226 e. The van der Waals surface area contributed by atoms with Crippen LogP contribution in [0.3, 0.4) is 0 Å². The molecule has 2 aliphatic heterocycles. The number of benzene rings is 2. The van der Waals surface area contributed by atoms with Gasteiger partial charge < -0.3 is 14.2 Å². The van der Waals surface area contributed by atoms with Crippen LogP contribution in [-0.2, 0) is 19.9 Å². The molecule has 5 nitrogen and oxygen atoms in total. The molecule has 0 bridgehead atoms. The van der Waals surface area contributed by atoms with Crippen molar-refractivity contribution in [2.75, 3.05) is 18.0 Å². The first-order valence-electron chi connectivity index (χ1n) is 10.3. The molecule has 6 heteroatoms. The molecule has 150 valence electrons. The number of aryl methyl sites for hydroxylation is 1. The van der Waals surface area contributed by atoms with Gasteiger partial charge in [0.05, 0.1) is 0 Å². The SMILES string of the molecule is Cn1c(Cc2ccc(F)cc2)nnc1N1CCC2(CCc3ccccc3O2)CC1. The van der Waals surface area contributed by atoms with E-state index in [1.165, 1.54) is 17.7 Å². The summed E-state index contributed by atoms with van der Waals surface area (Å²) in [6.07, 6.45) is 4.78. The Morgan fingerprint density at radius 3 is 2.55 bits per heavy atom. The van der Waals surface area contributed by atoms with Gasteiger partial charge in [-0.25, -0.2) is 4.39 Å². The average Bonchev–Trinajstić information content (AvgIpc) is 3.10. The Hall–Kier alpha value is -2.89. The van der Waals surface area contributed by atoms with E-state index in [4.69, 9.17) is 4.74 Å². The topological polar surface area (TPSA) is 43.2 Å². The van der Waals surface area contributed by atoms with Gasteiger partial charge in [-0.05, 0) is 42.2 Å². The highest BCUT2D eigenvalue weighted by molar-refractivity contribution is 5.38. The standard InChI is InChI=1S/C23H25FN4O/c1-27-21(16-17-6-8-19(24)9-7-17)25-26-22(27)28-14-12-23(13-15-28)11-10-18-4-2-3-5-20(18)29-23/h2-9H,10-16H2,1H3. The predicted molar refractivity (Wildman–Crippen MR) is 110 cm³/mol. The number of piperidine rings is 1. The molecule has 5 rings (SSSR count). The quantitative estimate of drug-likeness (QED) is 0.678. The maximum Gasteiger partial charge on any atom is 0.226 e. The molecule has 0 atom stereocenters. The largest absolute Gasteiger partial charge is 0.487 e. The van der Waals surface area contributed by atoms with Crippen molar-refractivity contribution in [2.24, 2.45) is 7.05 Å². The minimum absolute atomic E-state index is 0.0552. The van der Waals surface area contributed by atoms with Crippen molar-refractivity contribution in [3.8, 4) is 5.75 Å². The first-order valence-corrected chi connectivity index (χ1v) is 10.3. The lowest BCUT2D eigenvalue weighted by atomic mass is 9.83. The normalized spacial score (nSPS) is 17.8. The van der Waals surface area contributed by atoms with E-state index < -0.39 is 0 Å². The van der Waals surface area contributed by atoms with Crippen molar-refractivity contribution in [3.05, 3.63) is 71.3 Å². The molecule has 3 heterocycles. The van der Waals surface area contributed by atoms with Crippen molar-refractivity contribution in [2.45, 2.75) is 37.7 Å². The maximum atomic E-state index is 13.1. The Morgan fingerprint density at radius 2 is 1.76 bits per heavy atom. The van der Waals surface area contributed by atoms with E-state index in [1.54, 1.807) is 12.1 Å². The molecule has 3 aromatic rings. The van der Waals surface area contributed by atoms with E-state index in [-0.39, 0.29) is 11.4 Å². The molecule has 1 fully saturated rings. The van der Waals surface area contributed by atoms with Gasteiger partial charge in [0.1, 0.15) is 23.0 Å². The molecule has 1 aromatic heterocycles. The van der Waals surface area contributed by atoms with Crippen molar-refractivity contribution in [3.63, 3.8) is 0 Å². The van der Waals surface area contributed by atoms with E-state index in [9.17, 15) is 4.39 Å². The van der Waals surface area contributed by atoms with Crippen molar-refractivity contribution >= 4 is 5.95 Å². The van der Waals surface area contributed by atoms with Gasteiger partial charge in [0, 0.05) is 39.4 Å². The number of aromatic nitrogens is 3. The second-order valence-corrected chi connectivity index (χ2v) is 8.16. The molecule has 0 unspecified atom stereocenters. The maximum absolute atomic E-state index is 13.1. The summed E-state index contributed by atoms with van der Waals surface area (Å²) >= 11 is 0. The Balaban J connectivity index is 1.27. The lowest BCUT2D eigenvalue weighted by molar-refractivity contribution is 0.0222. The Morgan fingerprint density at radius 1 is 1.00 bits per heavy atom. The van der Waals surface area contributed by atoms with Crippen molar-refractivity contribution in [1.29, 1.82) is 0 Å².